The number of ether oxygens (including phenoxy) is 1. The number of halogens is 2. The van der Waals surface area contributed by atoms with Crippen molar-refractivity contribution < 1.29 is 37.8 Å². The molecule has 16 heteroatoms. The minimum Gasteiger partial charge on any atom is -0.465 e. The summed E-state index contributed by atoms with van der Waals surface area (Å²) in [7, 11) is 2.63. The summed E-state index contributed by atoms with van der Waals surface area (Å²) in [5.41, 5.74) is 2.24. The van der Waals surface area contributed by atoms with Crippen molar-refractivity contribution in [2.45, 2.75) is 77.5 Å². The summed E-state index contributed by atoms with van der Waals surface area (Å²) in [5.74, 6) is -1.09. The molecule has 4 heterocycles. The van der Waals surface area contributed by atoms with Crippen molar-refractivity contribution in [2.75, 3.05) is 27.2 Å². The van der Waals surface area contributed by atoms with Crippen LogP contribution in [0.1, 0.15) is 77.1 Å². The monoisotopic (exact) mass is 774 g/mol. The summed E-state index contributed by atoms with van der Waals surface area (Å²) < 4.78 is 36.1. The number of aromatic nitrogens is 4. The predicted octanol–water partition coefficient (Wildman–Crippen LogP) is 6.75. The normalized spacial score (nSPS) is 18.0. The summed E-state index contributed by atoms with van der Waals surface area (Å²) in [5, 5.41) is 12.2. The number of H-pyrrole nitrogens is 2. The van der Waals surface area contributed by atoms with E-state index in [4.69, 9.17) is 4.74 Å². The number of nitrogens with zero attached hydrogens (tertiary/aromatic N) is 5. The molecule has 2 fully saturated rings. The van der Waals surface area contributed by atoms with E-state index in [1.807, 2.05) is 13.8 Å². The molecule has 0 bridgehead atoms. The van der Waals surface area contributed by atoms with Crippen molar-refractivity contribution >= 4 is 24.0 Å². The number of carbonyl (C=O) groups excluding carboxylic acids is 3. The molecule has 298 valence electrons. The minimum absolute atomic E-state index is 0.183. The second kappa shape index (κ2) is 16.5. The maximum Gasteiger partial charge on any atom is 0.407 e. The Morgan fingerprint density at radius 1 is 0.821 bits per heavy atom. The number of nitrogens with one attached hydrogen (secondary N) is 3. The number of methoxy groups -OCH3 is 1. The number of alkyl carbamates (subject to hydrolysis) is 1. The van der Waals surface area contributed by atoms with E-state index in [0.29, 0.717) is 66.5 Å². The largest absolute Gasteiger partial charge is 0.465 e. The van der Waals surface area contributed by atoms with Crippen LogP contribution < -0.4 is 5.32 Å². The quantitative estimate of drug-likeness (QED) is 0.129. The van der Waals surface area contributed by atoms with Crippen molar-refractivity contribution in [3.05, 3.63) is 72.1 Å². The smallest absolute Gasteiger partial charge is 0.407 e. The zero-order chi connectivity index (χ0) is 40.4. The van der Waals surface area contributed by atoms with Gasteiger partial charge >= 0.3 is 12.2 Å². The average molecular weight is 775 g/mol. The first-order valence-corrected chi connectivity index (χ1v) is 18.8. The van der Waals surface area contributed by atoms with Crippen molar-refractivity contribution in [1.82, 2.24) is 40.0 Å². The fraction of sp³-hybridized carbons (Fsp3) is 0.450. The second-order valence-corrected chi connectivity index (χ2v) is 15.1. The molecule has 0 radical (unpaired) electrons. The van der Waals surface area contributed by atoms with Crippen LogP contribution in [-0.2, 0) is 14.3 Å². The number of carboxylic acid groups (broad SMARTS) is 1. The van der Waals surface area contributed by atoms with Crippen LogP contribution in [0.5, 0.6) is 0 Å². The Labute approximate surface area is 323 Å². The van der Waals surface area contributed by atoms with E-state index in [1.54, 1.807) is 47.9 Å². The molecular weight excluding hydrogens is 726 g/mol. The molecule has 4 atom stereocenters. The van der Waals surface area contributed by atoms with Crippen LogP contribution in [0.15, 0.2) is 48.8 Å². The van der Waals surface area contributed by atoms with Gasteiger partial charge in [0.1, 0.15) is 35.4 Å². The SMILES string of the molecule is COC(=O)NC(C(=O)N1CCCC1c1ncc(-c2ccc(-c3ccc(-c4cnc([C@@H]5CCCN5C(=O)[C@H](C(C)C)N(C)C(=O)O)[nH]4)c(F)c3)cc2F)[nH]1)C(C)C. The first kappa shape index (κ1) is 39.9. The molecule has 2 aromatic heterocycles. The van der Waals surface area contributed by atoms with E-state index in [1.165, 1.54) is 38.7 Å². The van der Waals surface area contributed by atoms with E-state index in [2.05, 4.69) is 25.3 Å². The third kappa shape index (κ3) is 7.95. The van der Waals surface area contributed by atoms with E-state index >= 15 is 8.78 Å². The molecule has 2 aromatic carbocycles. The Kier molecular flexibility index (Phi) is 11.8. The highest BCUT2D eigenvalue weighted by atomic mass is 19.1. The Bertz CT molecular complexity index is 2100. The van der Waals surface area contributed by atoms with Gasteiger partial charge in [-0.3, -0.25) is 14.5 Å². The van der Waals surface area contributed by atoms with Gasteiger partial charge in [-0.1, -0.05) is 39.8 Å². The number of rotatable bonds is 11. The first-order chi connectivity index (χ1) is 26.7. The highest BCUT2D eigenvalue weighted by molar-refractivity contribution is 5.87. The summed E-state index contributed by atoms with van der Waals surface area (Å²) in [6.07, 6.45) is 3.87. The van der Waals surface area contributed by atoms with Crippen molar-refractivity contribution in [3.63, 3.8) is 0 Å². The lowest BCUT2D eigenvalue weighted by Gasteiger charge is -2.33. The van der Waals surface area contributed by atoms with Gasteiger partial charge in [-0.25, -0.2) is 28.3 Å². The molecule has 4 amide bonds. The zero-order valence-corrected chi connectivity index (χ0v) is 32.3. The van der Waals surface area contributed by atoms with Gasteiger partial charge in [-0.05, 0) is 72.9 Å². The van der Waals surface area contributed by atoms with Crippen LogP contribution in [0.25, 0.3) is 33.6 Å². The van der Waals surface area contributed by atoms with E-state index < -0.39 is 41.9 Å². The van der Waals surface area contributed by atoms with Crippen molar-refractivity contribution in [2.24, 2.45) is 11.8 Å². The van der Waals surface area contributed by atoms with Crippen molar-refractivity contribution in [3.8, 4) is 33.6 Å². The highest BCUT2D eigenvalue weighted by Crippen LogP contribution is 2.36. The third-order valence-corrected chi connectivity index (χ3v) is 10.7. The topological polar surface area (TPSA) is 177 Å². The van der Waals surface area contributed by atoms with Gasteiger partial charge in [0.2, 0.25) is 11.8 Å². The maximum atomic E-state index is 15.7. The summed E-state index contributed by atoms with van der Waals surface area (Å²) in [4.78, 5) is 70.4. The van der Waals surface area contributed by atoms with Crippen molar-refractivity contribution in [1.29, 1.82) is 0 Å². The molecule has 2 aliphatic heterocycles. The molecule has 56 heavy (non-hydrogen) atoms. The summed E-state index contributed by atoms with van der Waals surface area (Å²) in [6, 6.07) is 6.77. The standard InChI is InChI=1S/C40H48F2N8O6/c1-21(2)33(47-39(53)56-6)37(51)49-15-7-9-31(49)35-43-19-29(45-35)25-13-11-23(17-27(25)41)24-12-14-26(28(42)18-24)30-20-44-36(46-30)32-10-8-16-50(32)38(52)34(22(3)4)48(5)40(54)55/h11-14,17-22,31-34H,7-10,15-16H2,1-6H3,(H,43,45)(H,44,46)(H,47,53)(H,54,55)/t31?,32-,33?,34-/m0/s1. The van der Waals surface area contributed by atoms with Crippen LogP contribution in [0.3, 0.4) is 0 Å². The first-order valence-electron chi connectivity index (χ1n) is 18.8. The van der Waals surface area contributed by atoms with Crippen LogP contribution in [0.4, 0.5) is 18.4 Å². The fourth-order valence-electron chi connectivity index (χ4n) is 7.81. The van der Waals surface area contributed by atoms with Gasteiger partial charge in [-0.2, -0.15) is 0 Å². The van der Waals surface area contributed by atoms with Crippen LogP contribution in [-0.4, -0.2) is 103 Å². The molecule has 4 N–H and O–H groups in total. The number of amides is 4. The molecule has 2 aliphatic rings. The molecule has 14 nitrogen and oxygen atoms in total. The lowest BCUT2D eigenvalue weighted by molar-refractivity contribution is -0.138. The molecule has 2 saturated heterocycles. The molecule has 0 spiro atoms. The maximum absolute atomic E-state index is 15.7. The van der Waals surface area contributed by atoms with E-state index in [-0.39, 0.29) is 40.8 Å². The number of imidazole rings is 2. The van der Waals surface area contributed by atoms with Crippen LogP contribution in [0.2, 0.25) is 0 Å². The summed E-state index contributed by atoms with van der Waals surface area (Å²) in [6.45, 7) is 8.22. The molecule has 4 aromatic rings. The number of benzene rings is 2. The Balaban J connectivity index is 1.16. The molecule has 0 saturated carbocycles. The van der Waals surface area contributed by atoms with Crippen LogP contribution in [0, 0.1) is 23.5 Å². The number of hydrogen-bond donors (Lipinski definition) is 4. The lowest BCUT2D eigenvalue weighted by Crippen LogP contribution is -2.51. The van der Waals surface area contributed by atoms with Gasteiger partial charge in [0.25, 0.3) is 0 Å². The van der Waals surface area contributed by atoms with Gasteiger partial charge in [0.05, 0.1) is 43.0 Å². The average Bonchev–Trinajstić information content (AvgIpc) is 4.00. The Hall–Kier alpha value is -5.80. The van der Waals surface area contributed by atoms with E-state index in [9.17, 15) is 24.3 Å². The second-order valence-electron chi connectivity index (χ2n) is 15.1. The molecular formula is C40H48F2N8O6. The lowest BCUT2D eigenvalue weighted by atomic mass is 10.00. The Morgan fingerprint density at radius 2 is 1.30 bits per heavy atom. The number of aromatic amines is 2. The number of hydrogen-bond acceptors (Lipinski definition) is 7. The van der Waals surface area contributed by atoms with Gasteiger partial charge < -0.3 is 34.9 Å². The molecule has 6 rings (SSSR count). The third-order valence-electron chi connectivity index (χ3n) is 10.7. The van der Waals surface area contributed by atoms with Gasteiger partial charge in [-0.15, -0.1) is 0 Å². The number of likely N-dealkylation sites (tertiary alicyclic amines) is 2. The van der Waals surface area contributed by atoms with Gasteiger partial charge in [0.15, 0.2) is 0 Å². The zero-order valence-electron chi connectivity index (χ0n) is 32.3. The van der Waals surface area contributed by atoms with Gasteiger partial charge in [0, 0.05) is 31.3 Å². The van der Waals surface area contributed by atoms with Crippen LogP contribution >= 0.6 is 0 Å². The highest BCUT2D eigenvalue weighted by Gasteiger charge is 2.40. The number of carbonyl (C=O) groups is 4. The summed E-state index contributed by atoms with van der Waals surface area (Å²) >= 11 is 0. The molecule has 0 aliphatic carbocycles. The van der Waals surface area contributed by atoms with E-state index in [0.717, 1.165) is 11.3 Å². The predicted molar refractivity (Wildman–Crippen MR) is 203 cm³/mol. The Morgan fingerprint density at radius 3 is 1.71 bits per heavy atom. The minimum atomic E-state index is -1.19. The number of likely N-dealkylation sites (N-methyl/N-ethyl adjacent to an activating group) is 1. The molecule has 2 unspecified atom stereocenters. The fourth-order valence-corrected chi connectivity index (χ4v) is 7.81.